The molecule has 0 aromatic carbocycles. The Morgan fingerprint density at radius 2 is 2.06 bits per heavy atom. The molecule has 3 heteroatoms. The Morgan fingerprint density at radius 1 is 1.38 bits per heavy atom. The van der Waals surface area contributed by atoms with Crippen LogP contribution in [0.4, 0.5) is 0 Å². The Morgan fingerprint density at radius 3 is 2.62 bits per heavy atom. The average Bonchev–Trinajstić information content (AvgIpc) is 2.34. The molecule has 3 nitrogen and oxygen atoms in total. The molecule has 0 aromatic rings. The van der Waals surface area contributed by atoms with Crippen molar-refractivity contribution in [3.05, 3.63) is 0 Å². The van der Waals surface area contributed by atoms with Crippen LogP contribution in [0.25, 0.3) is 0 Å². The summed E-state index contributed by atoms with van der Waals surface area (Å²) in [6.07, 6.45) is 3.55. The van der Waals surface area contributed by atoms with Crippen LogP contribution in [0.15, 0.2) is 0 Å². The van der Waals surface area contributed by atoms with Gasteiger partial charge in [0.25, 0.3) is 0 Å². The molecule has 1 aliphatic heterocycles. The van der Waals surface area contributed by atoms with Crippen LogP contribution in [0.2, 0.25) is 0 Å². The standard InChI is InChI=1S/C13H27NO2/c1-4-14-13(11(2)5-8-15-3)12-6-9-16-10-7-12/h11-14H,4-10H2,1-3H3. The molecule has 1 rings (SSSR count). The lowest BCUT2D eigenvalue weighted by atomic mass is 9.83. The zero-order valence-electron chi connectivity index (χ0n) is 11.0. The Balaban J connectivity index is 2.43. The Labute approximate surface area is 99.9 Å². The third-order valence-electron chi connectivity index (χ3n) is 3.60. The highest BCUT2D eigenvalue weighted by molar-refractivity contribution is 4.82. The molecule has 2 atom stereocenters. The average molecular weight is 229 g/mol. The van der Waals surface area contributed by atoms with E-state index >= 15 is 0 Å². The smallest absolute Gasteiger partial charge is 0.0469 e. The number of rotatable bonds is 7. The summed E-state index contributed by atoms with van der Waals surface area (Å²) in [5.74, 6) is 1.46. The minimum Gasteiger partial charge on any atom is -0.385 e. The van der Waals surface area contributed by atoms with E-state index in [1.807, 2.05) is 0 Å². The summed E-state index contributed by atoms with van der Waals surface area (Å²) in [4.78, 5) is 0. The fraction of sp³-hybridized carbons (Fsp3) is 1.00. The summed E-state index contributed by atoms with van der Waals surface area (Å²) in [5, 5.41) is 3.65. The van der Waals surface area contributed by atoms with Crippen molar-refractivity contribution in [2.45, 2.75) is 39.2 Å². The fourth-order valence-electron chi connectivity index (χ4n) is 2.63. The molecule has 0 amide bonds. The van der Waals surface area contributed by atoms with Crippen molar-refractivity contribution < 1.29 is 9.47 Å². The second-order valence-electron chi connectivity index (χ2n) is 4.79. The number of hydrogen-bond donors (Lipinski definition) is 1. The summed E-state index contributed by atoms with van der Waals surface area (Å²) in [7, 11) is 1.78. The molecule has 16 heavy (non-hydrogen) atoms. The first kappa shape index (κ1) is 13.9. The van der Waals surface area contributed by atoms with Crippen LogP contribution in [-0.2, 0) is 9.47 Å². The van der Waals surface area contributed by atoms with E-state index in [1.54, 1.807) is 7.11 Å². The Hall–Kier alpha value is -0.120. The maximum absolute atomic E-state index is 5.44. The lowest BCUT2D eigenvalue weighted by Crippen LogP contribution is -2.43. The normalized spacial score (nSPS) is 21.9. The highest BCUT2D eigenvalue weighted by Crippen LogP contribution is 2.25. The monoisotopic (exact) mass is 229 g/mol. The van der Waals surface area contributed by atoms with Gasteiger partial charge in [-0.15, -0.1) is 0 Å². The van der Waals surface area contributed by atoms with Gasteiger partial charge in [-0.2, -0.15) is 0 Å². The number of methoxy groups -OCH3 is 1. The minimum absolute atomic E-state index is 0.629. The van der Waals surface area contributed by atoms with E-state index in [0.717, 1.165) is 38.7 Å². The highest BCUT2D eigenvalue weighted by atomic mass is 16.5. The van der Waals surface area contributed by atoms with Crippen LogP contribution in [0, 0.1) is 11.8 Å². The summed E-state index contributed by atoms with van der Waals surface area (Å²) < 4.78 is 10.6. The maximum atomic E-state index is 5.44. The first-order chi connectivity index (χ1) is 7.79. The van der Waals surface area contributed by atoms with Crippen LogP contribution in [0.5, 0.6) is 0 Å². The minimum atomic E-state index is 0.629. The van der Waals surface area contributed by atoms with Gasteiger partial charge in [0.15, 0.2) is 0 Å². The van der Waals surface area contributed by atoms with Crippen LogP contribution < -0.4 is 5.32 Å². The van der Waals surface area contributed by atoms with Crippen LogP contribution in [0.3, 0.4) is 0 Å². The third-order valence-corrected chi connectivity index (χ3v) is 3.60. The predicted octanol–water partition coefficient (Wildman–Crippen LogP) is 2.06. The number of ether oxygens (including phenoxy) is 2. The molecule has 0 spiro atoms. The predicted molar refractivity (Wildman–Crippen MR) is 66.7 cm³/mol. The molecule has 96 valence electrons. The summed E-state index contributed by atoms with van der Waals surface area (Å²) in [6.45, 7) is 8.32. The zero-order valence-corrected chi connectivity index (χ0v) is 11.0. The van der Waals surface area contributed by atoms with Crippen molar-refractivity contribution in [2.75, 3.05) is 33.5 Å². The highest BCUT2D eigenvalue weighted by Gasteiger charge is 2.27. The maximum Gasteiger partial charge on any atom is 0.0469 e. The molecule has 1 fully saturated rings. The topological polar surface area (TPSA) is 30.5 Å². The molecule has 0 bridgehead atoms. The van der Waals surface area contributed by atoms with Crippen LogP contribution >= 0.6 is 0 Å². The van der Waals surface area contributed by atoms with Gasteiger partial charge in [-0.3, -0.25) is 0 Å². The van der Waals surface area contributed by atoms with Gasteiger partial charge in [-0.05, 0) is 37.6 Å². The van der Waals surface area contributed by atoms with Gasteiger partial charge in [0.1, 0.15) is 0 Å². The van der Waals surface area contributed by atoms with E-state index < -0.39 is 0 Å². The van der Waals surface area contributed by atoms with Gasteiger partial charge in [0.2, 0.25) is 0 Å². The van der Waals surface area contributed by atoms with Gasteiger partial charge < -0.3 is 14.8 Å². The lowest BCUT2D eigenvalue weighted by molar-refractivity contribution is 0.0428. The molecular formula is C13H27NO2. The Bertz CT molecular complexity index is 169. The van der Waals surface area contributed by atoms with E-state index in [2.05, 4.69) is 19.2 Å². The van der Waals surface area contributed by atoms with Crippen molar-refractivity contribution in [3.8, 4) is 0 Å². The molecule has 1 saturated heterocycles. The molecule has 1 aliphatic rings. The van der Waals surface area contributed by atoms with Gasteiger partial charge >= 0.3 is 0 Å². The first-order valence-electron chi connectivity index (χ1n) is 6.59. The van der Waals surface area contributed by atoms with Crippen molar-refractivity contribution in [3.63, 3.8) is 0 Å². The number of hydrogen-bond acceptors (Lipinski definition) is 3. The molecule has 1 N–H and O–H groups in total. The first-order valence-corrected chi connectivity index (χ1v) is 6.59. The third kappa shape index (κ3) is 4.40. The lowest BCUT2D eigenvalue weighted by Gasteiger charge is -2.35. The molecule has 1 heterocycles. The quantitative estimate of drug-likeness (QED) is 0.725. The van der Waals surface area contributed by atoms with E-state index in [0.29, 0.717) is 12.0 Å². The van der Waals surface area contributed by atoms with E-state index in [1.165, 1.54) is 12.8 Å². The van der Waals surface area contributed by atoms with Gasteiger partial charge in [-0.25, -0.2) is 0 Å². The second-order valence-corrected chi connectivity index (χ2v) is 4.79. The molecule has 0 aliphatic carbocycles. The second kappa shape index (κ2) is 8.04. The summed E-state index contributed by atoms with van der Waals surface area (Å²) >= 11 is 0. The van der Waals surface area contributed by atoms with Crippen molar-refractivity contribution in [1.29, 1.82) is 0 Å². The van der Waals surface area contributed by atoms with Crippen molar-refractivity contribution >= 4 is 0 Å². The Kier molecular flexibility index (Phi) is 7.01. The molecule has 2 unspecified atom stereocenters. The molecular weight excluding hydrogens is 202 g/mol. The molecule has 0 aromatic heterocycles. The largest absolute Gasteiger partial charge is 0.385 e. The van der Waals surface area contributed by atoms with E-state index in [9.17, 15) is 0 Å². The van der Waals surface area contributed by atoms with Gasteiger partial charge in [-0.1, -0.05) is 13.8 Å². The fourth-order valence-corrected chi connectivity index (χ4v) is 2.63. The van der Waals surface area contributed by atoms with Gasteiger partial charge in [0.05, 0.1) is 0 Å². The van der Waals surface area contributed by atoms with E-state index in [-0.39, 0.29) is 0 Å². The van der Waals surface area contributed by atoms with Crippen molar-refractivity contribution in [2.24, 2.45) is 11.8 Å². The zero-order chi connectivity index (χ0) is 11.8. The molecule has 0 saturated carbocycles. The van der Waals surface area contributed by atoms with Gasteiger partial charge in [0, 0.05) is 33.0 Å². The van der Waals surface area contributed by atoms with E-state index in [4.69, 9.17) is 9.47 Å². The van der Waals surface area contributed by atoms with Crippen molar-refractivity contribution in [1.82, 2.24) is 5.32 Å². The van der Waals surface area contributed by atoms with Crippen LogP contribution in [-0.4, -0.2) is 39.5 Å². The number of nitrogens with one attached hydrogen (secondary N) is 1. The SMILES string of the molecule is CCNC(C(C)CCOC)C1CCOCC1. The summed E-state index contributed by atoms with van der Waals surface area (Å²) in [5.41, 5.74) is 0. The van der Waals surface area contributed by atoms with Crippen LogP contribution in [0.1, 0.15) is 33.1 Å². The molecule has 0 radical (unpaired) electrons. The summed E-state index contributed by atoms with van der Waals surface area (Å²) in [6, 6.07) is 0.629.